The maximum atomic E-state index is 2.34. The Morgan fingerprint density at radius 3 is 0.477 bits per heavy atom. The lowest BCUT2D eigenvalue weighted by Gasteiger charge is -2.40. The van der Waals surface area contributed by atoms with Crippen LogP contribution in [0.4, 0.5) is 0 Å². The molecule has 0 unspecified atom stereocenters. The number of hydrogen-bond donors (Lipinski definition) is 0. The number of hydrogen-bond acceptors (Lipinski definition) is 0. The molecule has 0 amide bonds. The second kappa shape index (κ2) is 37.4. The highest BCUT2D eigenvalue weighted by Crippen LogP contribution is 2.21. The molecule has 0 aliphatic rings. The van der Waals surface area contributed by atoms with E-state index in [0.717, 1.165) is 0 Å². The number of nitrogens with zero attached hydrogens (tertiary/aromatic N) is 1. The highest BCUT2D eigenvalue weighted by Gasteiger charge is 2.25. The van der Waals surface area contributed by atoms with Crippen molar-refractivity contribution in [3.05, 3.63) is 0 Å². The van der Waals surface area contributed by atoms with Crippen LogP contribution in [-0.4, -0.2) is 30.7 Å². The summed E-state index contributed by atoms with van der Waals surface area (Å²) in [6.45, 7) is 15.3. The third-order valence-corrected chi connectivity index (χ3v) is 10.7. The van der Waals surface area contributed by atoms with E-state index in [1.807, 2.05) is 0 Å². The van der Waals surface area contributed by atoms with Gasteiger partial charge in [0.15, 0.2) is 0 Å². The van der Waals surface area contributed by atoms with Gasteiger partial charge in [0.05, 0.1) is 26.2 Å². The molecule has 0 aromatic rings. The van der Waals surface area contributed by atoms with Crippen LogP contribution in [0.2, 0.25) is 0 Å². The van der Waals surface area contributed by atoms with Crippen LogP contribution in [0.5, 0.6) is 0 Å². The SMILES string of the molecule is CCCCCCCCCCC[N+](CCCCCCCCCC)(CCCCCCCCCCC)CCCCCCCCCCC. The Bertz CT molecular complexity index is 444. The van der Waals surface area contributed by atoms with Gasteiger partial charge < -0.3 is 4.48 Å². The molecule has 0 aliphatic heterocycles. The molecule has 1 nitrogen and oxygen atoms in total. The summed E-state index contributed by atoms with van der Waals surface area (Å²) in [5.74, 6) is 0. The predicted octanol–water partition coefficient (Wildman–Crippen LogP) is 15.5. The van der Waals surface area contributed by atoms with Gasteiger partial charge in [0, 0.05) is 0 Å². The molecule has 0 spiro atoms. The van der Waals surface area contributed by atoms with Crippen molar-refractivity contribution in [1.82, 2.24) is 0 Å². The van der Waals surface area contributed by atoms with Gasteiger partial charge in [-0.3, -0.25) is 0 Å². The maximum Gasteiger partial charge on any atom is 0.0786 e. The largest absolute Gasteiger partial charge is 0.324 e. The lowest BCUT2D eigenvalue weighted by Crippen LogP contribution is -2.50. The van der Waals surface area contributed by atoms with Crippen molar-refractivity contribution in [2.24, 2.45) is 0 Å². The fraction of sp³-hybridized carbons (Fsp3) is 1.00. The first-order chi connectivity index (χ1) is 21.7. The summed E-state index contributed by atoms with van der Waals surface area (Å²) in [5, 5.41) is 0. The van der Waals surface area contributed by atoms with Gasteiger partial charge >= 0.3 is 0 Å². The molecular weight excluding hydrogens is 530 g/mol. The monoisotopic (exact) mass is 621 g/mol. The molecule has 44 heavy (non-hydrogen) atoms. The summed E-state index contributed by atoms with van der Waals surface area (Å²) < 4.78 is 1.49. The van der Waals surface area contributed by atoms with E-state index in [1.165, 1.54) is 255 Å². The van der Waals surface area contributed by atoms with E-state index in [4.69, 9.17) is 0 Å². The predicted molar refractivity (Wildman–Crippen MR) is 204 cm³/mol. The molecule has 0 fully saturated rings. The van der Waals surface area contributed by atoms with Crippen molar-refractivity contribution in [3.8, 4) is 0 Å². The van der Waals surface area contributed by atoms with Crippen molar-refractivity contribution in [2.45, 2.75) is 252 Å². The van der Waals surface area contributed by atoms with Crippen molar-refractivity contribution >= 4 is 0 Å². The van der Waals surface area contributed by atoms with Gasteiger partial charge in [0.1, 0.15) is 0 Å². The van der Waals surface area contributed by atoms with Gasteiger partial charge in [-0.1, -0.05) is 201 Å². The molecule has 0 rings (SSSR count). The van der Waals surface area contributed by atoms with Crippen molar-refractivity contribution in [3.63, 3.8) is 0 Å². The number of quaternary nitrogens is 1. The molecule has 0 radical (unpaired) electrons. The zero-order valence-corrected chi connectivity index (χ0v) is 32.0. The second-order valence-corrected chi connectivity index (χ2v) is 15.2. The lowest BCUT2D eigenvalue weighted by molar-refractivity contribution is -0.929. The summed E-state index contributed by atoms with van der Waals surface area (Å²) >= 11 is 0. The first kappa shape index (κ1) is 44.0. The van der Waals surface area contributed by atoms with Gasteiger partial charge in [-0.05, 0) is 51.4 Å². The molecule has 0 bridgehead atoms. The molecule has 0 aromatic carbocycles. The average molecular weight is 621 g/mol. The van der Waals surface area contributed by atoms with Crippen LogP contribution >= 0.6 is 0 Å². The van der Waals surface area contributed by atoms with Gasteiger partial charge in [0.25, 0.3) is 0 Å². The Morgan fingerprint density at radius 2 is 0.318 bits per heavy atom. The van der Waals surface area contributed by atoms with E-state index in [-0.39, 0.29) is 0 Å². The third-order valence-electron chi connectivity index (χ3n) is 10.7. The Morgan fingerprint density at radius 1 is 0.182 bits per heavy atom. The maximum absolute atomic E-state index is 2.34. The van der Waals surface area contributed by atoms with Gasteiger partial charge in [-0.25, -0.2) is 0 Å². The van der Waals surface area contributed by atoms with Crippen molar-refractivity contribution in [2.75, 3.05) is 26.2 Å². The molecule has 0 atom stereocenters. The first-order valence-electron chi connectivity index (χ1n) is 21.6. The smallest absolute Gasteiger partial charge is 0.0786 e. The summed E-state index contributed by atoms with van der Waals surface area (Å²) in [4.78, 5) is 0. The van der Waals surface area contributed by atoms with Gasteiger partial charge in [0.2, 0.25) is 0 Å². The highest BCUT2D eigenvalue weighted by atomic mass is 15.3. The topological polar surface area (TPSA) is 0 Å². The molecule has 0 heterocycles. The minimum atomic E-state index is 1.37. The molecule has 266 valence electrons. The van der Waals surface area contributed by atoms with Crippen LogP contribution in [0, 0.1) is 0 Å². The normalized spacial score (nSPS) is 12.0. The molecule has 0 saturated carbocycles. The molecule has 0 aromatic heterocycles. The molecule has 0 aliphatic carbocycles. The standard InChI is InChI=1S/C43H90N/c1-5-9-13-17-21-25-29-33-37-41-44(40-36-32-28-24-20-16-12-8-4,42-38-34-30-26-22-18-14-10-6-2)43-39-35-31-27-23-19-15-11-7-3/h5-43H2,1-4H3/q+1. The first-order valence-corrected chi connectivity index (χ1v) is 21.6. The fourth-order valence-corrected chi connectivity index (χ4v) is 7.53. The molecule has 0 N–H and O–H groups in total. The second-order valence-electron chi connectivity index (χ2n) is 15.2. The van der Waals surface area contributed by atoms with Crippen LogP contribution < -0.4 is 0 Å². The van der Waals surface area contributed by atoms with E-state index in [0.29, 0.717) is 0 Å². The highest BCUT2D eigenvalue weighted by molar-refractivity contribution is 4.56. The molecular formula is C43H90N+. The van der Waals surface area contributed by atoms with Crippen LogP contribution in [0.3, 0.4) is 0 Å². The van der Waals surface area contributed by atoms with Crippen LogP contribution in [0.15, 0.2) is 0 Å². The number of unbranched alkanes of at least 4 members (excludes halogenated alkanes) is 31. The van der Waals surface area contributed by atoms with E-state index in [1.54, 1.807) is 0 Å². The fourth-order valence-electron chi connectivity index (χ4n) is 7.53. The van der Waals surface area contributed by atoms with E-state index >= 15 is 0 Å². The molecule has 0 saturated heterocycles. The lowest BCUT2D eigenvalue weighted by atomic mass is 10.0. The third kappa shape index (κ3) is 31.9. The zero-order chi connectivity index (χ0) is 32.1. The van der Waals surface area contributed by atoms with Crippen LogP contribution in [0.1, 0.15) is 252 Å². The van der Waals surface area contributed by atoms with Crippen molar-refractivity contribution < 1.29 is 4.48 Å². The van der Waals surface area contributed by atoms with Crippen LogP contribution in [-0.2, 0) is 0 Å². The minimum Gasteiger partial charge on any atom is -0.324 e. The van der Waals surface area contributed by atoms with Crippen LogP contribution in [0.25, 0.3) is 0 Å². The Hall–Kier alpha value is -0.0400. The Kier molecular flexibility index (Phi) is 37.4. The Labute approximate surface area is 282 Å². The van der Waals surface area contributed by atoms with E-state index in [2.05, 4.69) is 27.7 Å². The summed E-state index contributed by atoms with van der Waals surface area (Å²) in [5.41, 5.74) is 0. The summed E-state index contributed by atoms with van der Waals surface area (Å²) in [7, 11) is 0. The quantitative estimate of drug-likeness (QED) is 0.0473. The van der Waals surface area contributed by atoms with Gasteiger partial charge in [-0.15, -0.1) is 0 Å². The summed E-state index contributed by atoms with van der Waals surface area (Å²) in [6, 6.07) is 0. The molecule has 1 heteroatoms. The zero-order valence-electron chi connectivity index (χ0n) is 32.0. The minimum absolute atomic E-state index is 1.37. The Balaban J connectivity index is 4.83. The summed E-state index contributed by atoms with van der Waals surface area (Å²) in [6.07, 6.45) is 51.2. The van der Waals surface area contributed by atoms with Crippen molar-refractivity contribution in [1.29, 1.82) is 0 Å². The van der Waals surface area contributed by atoms with E-state index in [9.17, 15) is 0 Å². The van der Waals surface area contributed by atoms with E-state index < -0.39 is 0 Å². The average Bonchev–Trinajstić information content (AvgIpc) is 3.03. The van der Waals surface area contributed by atoms with Gasteiger partial charge in [-0.2, -0.15) is 0 Å². The number of rotatable bonds is 39.